The van der Waals surface area contributed by atoms with E-state index in [-0.39, 0.29) is 0 Å². The number of benzene rings is 10. The molecule has 11 aromatic rings. The van der Waals surface area contributed by atoms with E-state index in [9.17, 15) is 0 Å². The molecule has 0 fully saturated rings. The van der Waals surface area contributed by atoms with Gasteiger partial charge in [0.25, 0.3) is 0 Å². The summed E-state index contributed by atoms with van der Waals surface area (Å²) in [5.41, 5.74) is 15.2. The number of aromatic nitrogens is 1. The smallest absolute Gasteiger partial charge is 0.227 e. The van der Waals surface area contributed by atoms with E-state index in [2.05, 4.69) is 223 Å². The summed E-state index contributed by atoms with van der Waals surface area (Å²) in [5, 5.41) is 4.67. The molecule has 60 heavy (non-hydrogen) atoms. The largest absolute Gasteiger partial charge is 0.436 e. The lowest BCUT2D eigenvalue weighted by atomic mass is 9.92. The Bertz CT molecular complexity index is 3300. The first-order valence-corrected chi connectivity index (χ1v) is 20.4. The van der Waals surface area contributed by atoms with Gasteiger partial charge in [-0.1, -0.05) is 164 Å². The zero-order valence-corrected chi connectivity index (χ0v) is 32.7. The highest BCUT2D eigenvalue weighted by molar-refractivity contribution is 6.06. The predicted octanol–water partition coefficient (Wildman–Crippen LogP) is 15.9. The van der Waals surface area contributed by atoms with Gasteiger partial charge in [0, 0.05) is 28.0 Å². The molecule has 0 spiro atoms. The van der Waals surface area contributed by atoms with Gasteiger partial charge < -0.3 is 9.32 Å². The third kappa shape index (κ3) is 6.58. The van der Waals surface area contributed by atoms with Gasteiger partial charge in [0.15, 0.2) is 5.58 Å². The van der Waals surface area contributed by atoms with Crippen LogP contribution in [-0.2, 0) is 0 Å². The molecule has 1 aromatic heterocycles. The zero-order chi connectivity index (χ0) is 39.8. The molecule has 0 saturated carbocycles. The standard InChI is InChI=1S/C57H38N2O/c1-3-12-39(13-4-1)41-22-26-44(27-23-41)57-58-56-54-38-48(29-25-43(54)32-35-55(56)60-57)53-21-10-9-20-52(53)47-16-11-19-51(37-47)59(49-17-5-2-6-18-49)50-33-30-42(31-34-50)46-28-24-40-14-7-8-15-45(40)36-46/h1-38H. The molecule has 0 amide bonds. The fraction of sp³-hybridized carbons (Fsp3) is 0. The van der Waals surface area contributed by atoms with Gasteiger partial charge in [0.1, 0.15) is 5.52 Å². The van der Waals surface area contributed by atoms with Crippen LogP contribution in [0.5, 0.6) is 0 Å². The molecule has 0 aliphatic rings. The van der Waals surface area contributed by atoms with E-state index in [0.717, 1.165) is 72.3 Å². The predicted molar refractivity (Wildman–Crippen MR) is 251 cm³/mol. The number of rotatable bonds is 8. The summed E-state index contributed by atoms with van der Waals surface area (Å²) in [6, 6.07) is 81.9. The van der Waals surface area contributed by atoms with Crippen LogP contribution in [0.4, 0.5) is 17.1 Å². The highest BCUT2D eigenvalue weighted by Crippen LogP contribution is 2.41. The zero-order valence-electron chi connectivity index (χ0n) is 32.7. The minimum atomic E-state index is 0.617. The fourth-order valence-electron chi connectivity index (χ4n) is 8.43. The maximum atomic E-state index is 6.38. The van der Waals surface area contributed by atoms with E-state index in [4.69, 9.17) is 9.40 Å². The van der Waals surface area contributed by atoms with Crippen LogP contribution in [0.3, 0.4) is 0 Å². The molecular formula is C57H38N2O. The monoisotopic (exact) mass is 766 g/mol. The molecule has 3 heteroatoms. The Morgan fingerprint density at radius 3 is 1.62 bits per heavy atom. The lowest BCUT2D eigenvalue weighted by Crippen LogP contribution is -2.09. The Morgan fingerprint density at radius 1 is 0.317 bits per heavy atom. The van der Waals surface area contributed by atoms with Gasteiger partial charge in [-0.15, -0.1) is 0 Å². The van der Waals surface area contributed by atoms with Crippen LogP contribution in [0.15, 0.2) is 235 Å². The lowest BCUT2D eigenvalue weighted by Gasteiger charge is -2.26. The molecule has 1 heterocycles. The summed E-state index contributed by atoms with van der Waals surface area (Å²) < 4.78 is 6.38. The number of oxazole rings is 1. The van der Waals surface area contributed by atoms with Crippen molar-refractivity contribution in [3.63, 3.8) is 0 Å². The van der Waals surface area contributed by atoms with Gasteiger partial charge in [-0.3, -0.25) is 0 Å². The number of hydrogen-bond donors (Lipinski definition) is 0. The van der Waals surface area contributed by atoms with Crippen LogP contribution in [0.1, 0.15) is 0 Å². The minimum absolute atomic E-state index is 0.617. The van der Waals surface area contributed by atoms with Crippen LogP contribution >= 0.6 is 0 Å². The molecule has 0 radical (unpaired) electrons. The fourth-order valence-corrected chi connectivity index (χ4v) is 8.43. The van der Waals surface area contributed by atoms with E-state index in [1.54, 1.807) is 0 Å². The minimum Gasteiger partial charge on any atom is -0.436 e. The van der Waals surface area contributed by atoms with Crippen molar-refractivity contribution in [1.29, 1.82) is 0 Å². The van der Waals surface area contributed by atoms with Crippen molar-refractivity contribution in [1.82, 2.24) is 4.98 Å². The average molecular weight is 767 g/mol. The summed E-state index contributed by atoms with van der Waals surface area (Å²) in [6.07, 6.45) is 0. The van der Waals surface area contributed by atoms with Crippen molar-refractivity contribution in [2.75, 3.05) is 4.90 Å². The molecule has 0 aliphatic heterocycles. The molecule has 0 atom stereocenters. The van der Waals surface area contributed by atoms with E-state index in [1.165, 1.54) is 27.5 Å². The van der Waals surface area contributed by atoms with E-state index >= 15 is 0 Å². The molecule has 10 aromatic carbocycles. The maximum absolute atomic E-state index is 6.38. The van der Waals surface area contributed by atoms with E-state index < -0.39 is 0 Å². The second-order valence-electron chi connectivity index (χ2n) is 15.2. The molecular weight excluding hydrogens is 729 g/mol. The number of nitrogens with zero attached hydrogens (tertiary/aromatic N) is 2. The molecule has 0 unspecified atom stereocenters. The number of para-hydroxylation sites is 1. The normalized spacial score (nSPS) is 11.3. The Balaban J connectivity index is 0.947. The molecule has 3 nitrogen and oxygen atoms in total. The Hall–Kier alpha value is -8.01. The Labute approximate surface area is 349 Å². The molecule has 0 saturated heterocycles. The SMILES string of the molecule is c1ccc(-c2ccc(-c3nc4c(ccc5ccc(-c6ccccc6-c6cccc(N(c7ccccc7)c7ccc(-c8ccc9ccccc9c8)cc7)c6)cc54)o3)cc2)cc1. The number of hydrogen-bond acceptors (Lipinski definition) is 3. The van der Waals surface area contributed by atoms with Gasteiger partial charge in [-0.05, 0) is 127 Å². The lowest BCUT2D eigenvalue weighted by molar-refractivity contribution is 0.620. The van der Waals surface area contributed by atoms with Crippen LogP contribution in [0.2, 0.25) is 0 Å². The van der Waals surface area contributed by atoms with Crippen molar-refractivity contribution >= 4 is 49.7 Å². The van der Waals surface area contributed by atoms with Crippen molar-refractivity contribution in [3.8, 4) is 56.0 Å². The summed E-state index contributed by atoms with van der Waals surface area (Å²) in [4.78, 5) is 7.41. The average Bonchev–Trinajstić information content (AvgIpc) is 3.78. The first-order chi connectivity index (χ1) is 29.7. The van der Waals surface area contributed by atoms with Crippen molar-refractivity contribution < 1.29 is 4.42 Å². The molecule has 0 N–H and O–H groups in total. The topological polar surface area (TPSA) is 29.3 Å². The highest BCUT2D eigenvalue weighted by atomic mass is 16.3. The first-order valence-electron chi connectivity index (χ1n) is 20.4. The van der Waals surface area contributed by atoms with Gasteiger partial charge in [0.2, 0.25) is 5.89 Å². The highest BCUT2D eigenvalue weighted by Gasteiger charge is 2.17. The van der Waals surface area contributed by atoms with E-state index in [1.807, 2.05) is 12.1 Å². The summed E-state index contributed by atoms with van der Waals surface area (Å²) in [6.45, 7) is 0. The molecule has 0 aliphatic carbocycles. The second kappa shape index (κ2) is 15.1. The van der Waals surface area contributed by atoms with Crippen molar-refractivity contribution in [2.24, 2.45) is 0 Å². The van der Waals surface area contributed by atoms with Gasteiger partial charge in [-0.2, -0.15) is 0 Å². The molecule has 282 valence electrons. The molecule has 0 bridgehead atoms. The molecule has 11 rings (SSSR count). The van der Waals surface area contributed by atoms with Crippen molar-refractivity contribution in [3.05, 3.63) is 231 Å². The number of anilines is 3. The van der Waals surface area contributed by atoms with Crippen LogP contribution in [0, 0.1) is 0 Å². The summed E-state index contributed by atoms with van der Waals surface area (Å²) >= 11 is 0. The van der Waals surface area contributed by atoms with Gasteiger partial charge >= 0.3 is 0 Å². The van der Waals surface area contributed by atoms with Crippen molar-refractivity contribution in [2.45, 2.75) is 0 Å². The third-order valence-electron chi connectivity index (χ3n) is 11.5. The van der Waals surface area contributed by atoms with E-state index in [0.29, 0.717) is 5.89 Å². The van der Waals surface area contributed by atoms with Gasteiger partial charge in [-0.25, -0.2) is 4.98 Å². The summed E-state index contributed by atoms with van der Waals surface area (Å²) in [7, 11) is 0. The van der Waals surface area contributed by atoms with Crippen LogP contribution < -0.4 is 4.90 Å². The Kier molecular flexibility index (Phi) is 8.83. The van der Waals surface area contributed by atoms with Gasteiger partial charge in [0.05, 0.1) is 0 Å². The third-order valence-corrected chi connectivity index (χ3v) is 11.5. The Morgan fingerprint density at radius 2 is 0.833 bits per heavy atom. The van der Waals surface area contributed by atoms with Crippen LogP contribution in [0.25, 0.3) is 88.6 Å². The maximum Gasteiger partial charge on any atom is 0.227 e. The van der Waals surface area contributed by atoms with Crippen LogP contribution in [-0.4, -0.2) is 4.98 Å². The second-order valence-corrected chi connectivity index (χ2v) is 15.2. The first kappa shape index (κ1) is 35.2. The summed E-state index contributed by atoms with van der Waals surface area (Å²) in [5.74, 6) is 0.617. The number of fused-ring (bicyclic) bond motifs is 4. The quantitative estimate of drug-likeness (QED) is 0.154.